The molecule has 0 saturated heterocycles. The van der Waals surface area contributed by atoms with E-state index in [-0.39, 0.29) is 31.2 Å². The van der Waals surface area contributed by atoms with Gasteiger partial charge in [-0.3, -0.25) is 9.59 Å². The van der Waals surface area contributed by atoms with Gasteiger partial charge in [0.1, 0.15) is 17.3 Å². The number of ether oxygens (including phenoxy) is 2. The Hall–Kier alpha value is -3.76. The highest BCUT2D eigenvalue weighted by molar-refractivity contribution is 5.95. The number of carbonyl (C=O) groups excluding carboxylic acids is 2. The SMILES string of the molecule is COc1ccc(OC)c(NC(=O)N2CCc3onc(C(=O)NCCC(=O)O)c3C2)c1. The van der Waals surface area contributed by atoms with Gasteiger partial charge in [-0.2, -0.15) is 0 Å². The molecule has 3 rings (SSSR count). The molecule has 2 heterocycles. The Morgan fingerprint density at radius 2 is 2.07 bits per heavy atom. The number of carboxylic acids is 1. The van der Waals surface area contributed by atoms with Crippen molar-refractivity contribution in [1.29, 1.82) is 0 Å². The minimum atomic E-state index is -1.02. The van der Waals surface area contributed by atoms with Crippen LogP contribution in [0.25, 0.3) is 0 Å². The molecule has 2 aromatic rings. The Morgan fingerprint density at radius 3 is 2.77 bits per heavy atom. The number of amides is 3. The summed E-state index contributed by atoms with van der Waals surface area (Å²) in [6.07, 6.45) is 0.191. The molecular weight excluding hydrogens is 396 g/mol. The Kier molecular flexibility index (Phi) is 6.40. The topological polar surface area (TPSA) is 143 Å². The molecule has 160 valence electrons. The molecule has 30 heavy (non-hydrogen) atoms. The van der Waals surface area contributed by atoms with Gasteiger partial charge in [0.05, 0.1) is 32.9 Å². The zero-order chi connectivity index (χ0) is 21.7. The van der Waals surface area contributed by atoms with Crippen molar-refractivity contribution in [3.63, 3.8) is 0 Å². The molecule has 0 unspecified atom stereocenters. The number of nitrogens with one attached hydrogen (secondary N) is 2. The number of aromatic nitrogens is 1. The van der Waals surface area contributed by atoms with Gasteiger partial charge in [0.15, 0.2) is 5.69 Å². The number of hydrogen-bond donors (Lipinski definition) is 3. The predicted molar refractivity (Wildman–Crippen MR) is 104 cm³/mol. The quantitative estimate of drug-likeness (QED) is 0.614. The van der Waals surface area contributed by atoms with Crippen molar-refractivity contribution in [2.24, 2.45) is 0 Å². The average Bonchev–Trinajstić information content (AvgIpc) is 3.16. The minimum Gasteiger partial charge on any atom is -0.497 e. The van der Waals surface area contributed by atoms with E-state index < -0.39 is 11.9 Å². The fourth-order valence-electron chi connectivity index (χ4n) is 3.03. The number of hydrogen-bond acceptors (Lipinski definition) is 7. The summed E-state index contributed by atoms with van der Waals surface area (Å²) < 4.78 is 15.7. The summed E-state index contributed by atoms with van der Waals surface area (Å²) in [6.45, 7) is 0.467. The van der Waals surface area contributed by atoms with Crippen LogP contribution in [0.1, 0.15) is 28.2 Å². The molecule has 1 aromatic carbocycles. The number of carboxylic acid groups (broad SMARTS) is 1. The molecule has 0 bridgehead atoms. The molecule has 3 amide bonds. The Bertz CT molecular complexity index is 956. The summed E-state index contributed by atoms with van der Waals surface area (Å²) in [6, 6.07) is 4.66. The largest absolute Gasteiger partial charge is 0.497 e. The third-order valence-electron chi connectivity index (χ3n) is 4.60. The lowest BCUT2D eigenvalue weighted by Gasteiger charge is -2.26. The monoisotopic (exact) mass is 418 g/mol. The first-order valence-corrected chi connectivity index (χ1v) is 9.18. The smallest absolute Gasteiger partial charge is 0.322 e. The van der Waals surface area contributed by atoms with E-state index in [0.717, 1.165) is 0 Å². The Morgan fingerprint density at radius 1 is 1.27 bits per heavy atom. The van der Waals surface area contributed by atoms with Crippen molar-refractivity contribution in [1.82, 2.24) is 15.4 Å². The summed E-state index contributed by atoms with van der Waals surface area (Å²) in [5, 5.41) is 17.8. The lowest BCUT2D eigenvalue weighted by Crippen LogP contribution is -2.39. The van der Waals surface area contributed by atoms with Gasteiger partial charge in [-0.15, -0.1) is 0 Å². The molecular formula is C19H22N4O7. The number of nitrogens with zero attached hydrogens (tertiary/aromatic N) is 2. The predicted octanol–water partition coefficient (Wildman–Crippen LogP) is 1.49. The summed E-state index contributed by atoms with van der Waals surface area (Å²) >= 11 is 0. The van der Waals surface area contributed by atoms with Crippen molar-refractivity contribution < 1.29 is 33.5 Å². The van der Waals surface area contributed by atoms with Crippen LogP contribution in [0, 0.1) is 0 Å². The molecule has 0 spiro atoms. The van der Waals surface area contributed by atoms with Crippen LogP contribution in [0.3, 0.4) is 0 Å². The lowest BCUT2D eigenvalue weighted by atomic mass is 10.1. The second kappa shape index (κ2) is 9.16. The van der Waals surface area contributed by atoms with Crippen LogP contribution in [0.4, 0.5) is 10.5 Å². The number of urea groups is 1. The van der Waals surface area contributed by atoms with Crippen LogP contribution in [0.5, 0.6) is 11.5 Å². The van der Waals surface area contributed by atoms with Gasteiger partial charge in [0.25, 0.3) is 5.91 Å². The second-order valence-corrected chi connectivity index (χ2v) is 6.50. The van der Waals surface area contributed by atoms with E-state index in [4.69, 9.17) is 19.1 Å². The molecule has 3 N–H and O–H groups in total. The van der Waals surface area contributed by atoms with Crippen molar-refractivity contribution in [2.45, 2.75) is 19.4 Å². The zero-order valence-electron chi connectivity index (χ0n) is 16.6. The van der Waals surface area contributed by atoms with E-state index in [1.807, 2.05) is 0 Å². The molecule has 0 fully saturated rings. The van der Waals surface area contributed by atoms with Gasteiger partial charge in [0, 0.05) is 31.1 Å². The van der Waals surface area contributed by atoms with E-state index in [9.17, 15) is 14.4 Å². The van der Waals surface area contributed by atoms with Crippen LogP contribution < -0.4 is 20.1 Å². The van der Waals surface area contributed by atoms with Gasteiger partial charge in [-0.05, 0) is 12.1 Å². The van der Waals surface area contributed by atoms with Gasteiger partial charge in [-0.25, -0.2) is 4.79 Å². The van der Waals surface area contributed by atoms with Crippen LogP contribution in [0.2, 0.25) is 0 Å². The number of methoxy groups -OCH3 is 2. The Labute approximate surface area is 171 Å². The average molecular weight is 418 g/mol. The summed E-state index contributed by atoms with van der Waals surface area (Å²) in [5.41, 5.74) is 0.998. The highest BCUT2D eigenvalue weighted by Gasteiger charge is 2.30. The molecule has 0 saturated carbocycles. The standard InChI is InChI=1S/C19H22N4O7/c1-28-11-3-4-15(29-2)13(9-11)21-19(27)23-8-6-14-12(10-23)17(22-30-14)18(26)20-7-5-16(24)25/h3-4,9H,5-8,10H2,1-2H3,(H,20,26)(H,21,27)(H,24,25). The fraction of sp³-hybridized carbons (Fsp3) is 0.368. The highest BCUT2D eigenvalue weighted by atomic mass is 16.5. The molecule has 0 atom stereocenters. The maximum Gasteiger partial charge on any atom is 0.322 e. The molecule has 0 aliphatic carbocycles. The van der Waals surface area contributed by atoms with Crippen molar-refractivity contribution in [3.05, 3.63) is 35.2 Å². The molecule has 1 aliphatic heterocycles. The number of anilines is 1. The van der Waals surface area contributed by atoms with E-state index in [1.165, 1.54) is 19.1 Å². The summed E-state index contributed by atoms with van der Waals surface area (Å²) in [4.78, 5) is 37.2. The van der Waals surface area contributed by atoms with E-state index >= 15 is 0 Å². The van der Waals surface area contributed by atoms with Crippen LogP contribution in [-0.4, -0.2) is 60.4 Å². The number of fused-ring (bicyclic) bond motifs is 1. The van der Waals surface area contributed by atoms with E-state index in [1.54, 1.807) is 18.2 Å². The first kappa shape index (κ1) is 21.0. The maximum atomic E-state index is 12.8. The Balaban J connectivity index is 1.70. The van der Waals surface area contributed by atoms with Gasteiger partial charge < -0.3 is 34.6 Å². The minimum absolute atomic E-state index is 0.0321. The van der Waals surface area contributed by atoms with Crippen LogP contribution in [0.15, 0.2) is 22.7 Å². The third-order valence-corrected chi connectivity index (χ3v) is 4.60. The van der Waals surface area contributed by atoms with Crippen molar-refractivity contribution >= 4 is 23.6 Å². The number of benzene rings is 1. The number of carbonyl (C=O) groups is 3. The van der Waals surface area contributed by atoms with Gasteiger partial charge in [-0.1, -0.05) is 5.16 Å². The first-order chi connectivity index (χ1) is 14.4. The number of aliphatic carboxylic acids is 1. The molecule has 11 nitrogen and oxygen atoms in total. The first-order valence-electron chi connectivity index (χ1n) is 9.18. The summed E-state index contributed by atoms with van der Waals surface area (Å²) in [5.74, 6) is 0.00405. The van der Waals surface area contributed by atoms with Gasteiger partial charge in [0.2, 0.25) is 0 Å². The second-order valence-electron chi connectivity index (χ2n) is 6.50. The third kappa shape index (κ3) is 4.62. The normalized spacial score (nSPS) is 12.7. The molecule has 11 heteroatoms. The highest BCUT2D eigenvalue weighted by Crippen LogP contribution is 2.30. The van der Waals surface area contributed by atoms with Crippen molar-refractivity contribution in [3.8, 4) is 11.5 Å². The van der Waals surface area contributed by atoms with E-state index in [0.29, 0.717) is 41.5 Å². The van der Waals surface area contributed by atoms with Crippen LogP contribution in [-0.2, 0) is 17.8 Å². The molecule has 0 radical (unpaired) electrons. The molecule has 1 aromatic heterocycles. The van der Waals surface area contributed by atoms with Gasteiger partial charge >= 0.3 is 12.0 Å². The van der Waals surface area contributed by atoms with E-state index in [2.05, 4.69) is 15.8 Å². The zero-order valence-corrected chi connectivity index (χ0v) is 16.6. The molecule has 1 aliphatic rings. The lowest BCUT2D eigenvalue weighted by molar-refractivity contribution is -0.136. The van der Waals surface area contributed by atoms with Crippen molar-refractivity contribution in [2.75, 3.05) is 32.6 Å². The fourth-order valence-corrected chi connectivity index (χ4v) is 3.03. The summed E-state index contributed by atoms with van der Waals surface area (Å²) in [7, 11) is 3.02. The number of rotatable bonds is 7. The maximum absolute atomic E-state index is 12.8. The van der Waals surface area contributed by atoms with Crippen LogP contribution >= 0.6 is 0 Å².